The van der Waals surface area contributed by atoms with E-state index in [1.165, 1.54) is 12.8 Å². The zero-order valence-corrected chi connectivity index (χ0v) is 18.2. The second-order valence-electron chi connectivity index (χ2n) is 8.89. The number of hydrogen-bond acceptors (Lipinski definition) is 3. The highest BCUT2D eigenvalue weighted by Gasteiger charge is 2.27. The van der Waals surface area contributed by atoms with Crippen molar-refractivity contribution < 1.29 is 9.53 Å². The Morgan fingerprint density at radius 2 is 1.84 bits per heavy atom. The van der Waals surface area contributed by atoms with Crippen molar-refractivity contribution in [2.24, 2.45) is 0 Å². The van der Waals surface area contributed by atoms with Gasteiger partial charge in [0.15, 0.2) is 0 Å². The normalized spacial score (nSPS) is 22.0. The van der Waals surface area contributed by atoms with E-state index in [1.807, 2.05) is 36.4 Å². The number of pyridine rings is 1. The molecule has 5 rings (SSSR count). The molecule has 162 valence electrons. The maximum atomic E-state index is 12.7. The quantitative estimate of drug-likeness (QED) is 0.671. The van der Waals surface area contributed by atoms with Crippen LogP contribution < -0.4 is 15.6 Å². The van der Waals surface area contributed by atoms with Gasteiger partial charge in [-0.15, -0.1) is 0 Å². The van der Waals surface area contributed by atoms with Crippen molar-refractivity contribution in [3.05, 3.63) is 68.6 Å². The standard InChI is InChI=1S/C25H27ClN2O3/c26-21-13-16(7-11-23(21)31-18-3-1-2-4-18)20(14-17-8-12-24(29)27-17)22-10-9-19(15-5-6-15)25(30)28-22/h7,9-11,13-15,17-18H,1-6,8,12H2,(H,27,29)(H,28,30)/t17-/m1/s1. The zero-order chi connectivity index (χ0) is 21.4. The molecule has 3 fully saturated rings. The van der Waals surface area contributed by atoms with Crippen molar-refractivity contribution in [1.82, 2.24) is 10.3 Å². The van der Waals surface area contributed by atoms with Crippen molar-refractivity contribution >= 4 is 23.1 Å². The van der Waals surface area contributed by atoms with Gasteiger partial charge in [-0.3, -0.25) is 9.59 Å². The van der Waals surface area contributed by atoms with E-state index in [9.17, 15) is 9.59 Å². The number of hydrogen-bond donors (Lipinski definition) is 2. The first kappa shape index (κ1) is 20.4. The SMILES string of the molecule is O=C1CC[C@H](C=C(c2ccc(OC3CCCC3)c(Cl)c2)c2ccc(C3CC3)c(=O)[nH]2)N1. The topological polar surface area (TPSA) is 71.2 Å². The highest BCUT2D eigenvalue weighted by Crippen LogP contribution is 2.39. The van der Waals surface area contributed by atoms with Crippen LogP contribution >= 0.6 is 11.6 Å². The Labute approximate surface area is 186 Å². The predicted octanol–water partition coefficient (Wildman–Crippen LogP) is 4.94. The number of carbonyl (C=O) groups excluding carboxylic acids is 1. The van der Waals surface area contributed by atoms with Crippen LogP contribution in [0.1, 0.15) is 74.1 Å². The number of aromatic nitrogens is 1. The molecule has 5 nitrogen and oxygen atoms in total. The lowest BCUT2D eigenvalue weighted by molar-refractivity contribution is -0.119. The molecule has 2 saturated carbocycles. The van der Waals surface area contributed by atoms with Crippen LogP contribution in [0.25, 0.3) is 5.57 Å². The fraction of sp³-hybridized carbons (Fsp3) is 0.440. The van der Waals surface area contributed by atoms with Crippen LogP contribution in [0.2, 0.25) is 5.02 Å². The van der Waals surface area contributed by atoms with Crippen LogP contribution in [-0.4, -0.2) is 23.0 Å². The first-order valence-corrected chi connectivity index (χ1v) is 11.7. The number of benzene rings is 1. The van der Waals surface area contributed by atoms with Crippen molar-refractivity contribution in [2.75, 3.05) is 0 Å². The molecule has 2 aromatic rings. The fourth-order valence-electron chi connectivity index (χ4n) is 4.61. The number of H-pyrrole nitrogens is 1. The summed E-state index contributed by atoms with van der Waals surface area (Å²) in [6.45, 7) is 0. The van der Waals surface area contributed by atoms with Crippen LogP contribution in [0.4, 0.5) is 0 Å². The van der Waals surface area contributed by atoms with Gasteiger partial charge >= 0.3 is 0 Å². The number of aromatic amines is 1. The molecule has 0 spiro atoms. The second-order valence-corrected chi connectivity index (χ2v) is 9.30. The smallest absolute Gasteiger partial charge is 0.251 e. The Hall–Kier alpha value is -2.53. The molecule has 0 bridgehead atoms. The number of halogens is 1. The van der Waals surface area contributed by atoms with E-state index in [1.54, 1.807) is 0 Å². The monoisotopic (exact) mass is 438 g/mol. The molecule has 1 aromatic heterocycles. The van der Waals surface area contributed by atoms with Crippen molar-refractivity contribution in [2.45, 2.75) is 69.4 Å². The fourth-order valence-corrected chi connectivity index (χ4v) is 4.84. The molecule has 6 heteroatoms. The molecule has 2 N–H and O–H groups in total. The second kappa shape index (κ2) is 8.54. The summed E-state index contributed by atoms with van der Waals surface area (Å²) in [7, 11) is 0. The summed E-state index contributed by atoms with van der Waals surface area (Å²) in [5.74, 6) is 1.14. The molecule has 31 heavy (non-hydrogen) atoms. The van der Waals surface area contributed by atoms with Crippen LogP contribution in [0.15, 0.2) is 41.2 Å². The largest absolute Gasteiger partial charge is 0.489 e. The van der Waals surface area contributed by atoms with E-state index in [-0.39, 0.29) is 23.6 Å². The minimum atomic E-state index is -0.0673. The summed E-state index contributed by atoms with van der Waals surface area (Å²) in [4.78, 5) is 27.4. The van der Waals surface area contributed by atoms with Crippen LogP contribution in [-0.2, 0) is 4.79 Å². The van der Waals surface area contributed by atoms with Crippen LogP contribution in [0.5, 0.6) is 5.75 Å². The molecule has 2 heterocycles. The Morgan fingerprint density at radius 1 is 1.03 bits per heavy atom. The van der Waals surface area contributed by atoms with Gasteiger partial charge in [0.05, 0.1) is 11.1 Å². The summed E-state index contributed by atoms with van der Waals surface area (Å²) in [5, 5.41) is 3.55. The molecular weight excluding hydrogens is 412 g/mol. The van der Waals surface area contributed by atoms with Gasteiger partial charge in [0.2, 0.25) is 5.91 Å². The third-order valence-corrected chi connectivity index (χ3v) is 6.78. The maximum Gasteiger partial charge on any atom is 0.251 e. The molecule has 1 atom stereocenters. The lowest BCUT2D eigenvalue weighted by Gasteiger charge is -2.17. The Morgan fingerprint density at radius 3 is 2.48 bits per heavy atom. The van der Waals surface area contributed by atoms with Gasteiger partial charge < -0.3 is 15.0 Å². The third kappa shape index (κ3) is 4.57. The van der Waals surface area contributed by atoms with E-state index in [2.05, 4.69) is 10.3 Å². The molecule has 2 aliphatic carbocycles. The highest BCUT2D eigenvalue weighted by molar-refractivity contribution is 6.32. The van der Waals surface area contributed by atoms with Gasteiger partial charge in [-0.1, -0.05) is 29.8 Å². The number of nitrogens with one attached hydrogen (secondary N) is 2. The van der Waals surface area contributed by atoms with E-state index in [4.69, 9.17) is 16.3 Å². The molecule has 0 radical (unpaired) electrons. The lowest BCUT2D eigenvalue weighted by atomic mass is 9.98. The average Bonchev–Trinajstić information content (AvgIpc) is 3.30. The van der Waals surface area contributed by atoms with Gasteiger partial charge in [-0.25, -0.2) is 0 Å². The van der Waals surface area contributed by atoms with E-state index < -0.39 is 0 Å². The molecule has 1 aliphatic heterocycles. The van der Waals surface area contributed by atoms with Crippen molar-refractivity contribution in [3.8, 4) is 5.75 Å². The number of amides is 1. The first-order valence-electron chi connectivity index (χ1n) is 11.3. The molecule has 3 aliphatic rings. The molecule has 0 unspecified atom stereocenters. The summed E-state index contributed by atoms with van der Waals surface area (Å²) in [6, 6.07) is 9.61. The number of ether oxygens (including phenoxy) is 1. The Bertz CT molecular complexity index is 1080. The minimum Gasteiger partial charge on any atom is -0.489 e. The summed E-state index contributed by atoms with van der Waals surface area (Å²) >= 11 is 6.59. The van der Waals surface area contributed by atoms with E-state index in [0.29, 0.717) is 23.1 Å². The van der Waals surface area contributed by atoms with Crippen LogP contribution in [0.3, 0.4) is 0 Å². The number of rotatable bonds is 6. The highest BCUT2D eigenvalue weighted by atomic mass is 35.5. The molecule has 1 saturated heterocycles. The molecular formula is C25H27ClN2O3. The average molecular weight is 439 g/mol. The maximum absolute atomic E-state index is 12.7. The van der Waals surface area contributed by atoms with Crippen LogP contribution in [0, 0.1) is 0 Å². The summed E-state index contributed by atoms with van der Waals surface area (Å²) in [5.41, 5.74) is 3.31. The third-order valence-electron chi connectivity index (χ3n) is 6.48. The van der Waals surface area contributed by atoms with Gasteiger partial charge in [0.25, 0.3) is 5.56 Å². The summed E-state index contributed by atoms with van der Waals surface area (Å²) in [6.07, 6.45) is 10.2. The predicted molar refractivity (Wildman–Crippen MR) is 122 cm³/mol. The number of carbonyl (C=O) groups is 1. The van der Waals surface area contributed by atoms with E-state index >= 15 is 0 Å². The Kier molecular flexibility index (Phi) is 5.61. The van der Waals surface area contributed by atoms with Crippen molar-refractivity contribution in [3.63, 3.8) is 0 Å². The van der Waals surface area contributed by atoms with E-state index in [0.717, 1.165) is 54.5 Å². The first-order chi connectivity index (χ1) is 15.1. The lowest BCUT2D eigenvalue weighted by Crippen LogP contribution is -2.23. The van der Waals surface area contributed by atoms with Gasteiger partial charge in [-0.05, 0) is 74.6 Å². The van der Waals surface area contributed by atoms with Gasteiger partial charge in [0.1, 0.15) is 5.75 Å². The molecule has 1 amide bonds. The van der Waals surface area contributed by atoms with Gasteiger partial charge in [-0.2, -0.15) is 0 Å². The summed E-state index contributed by atoms with van der Waals surface area (Å²) < 4.78 is 6.10. The van der Waals surface area contributed by atoms with Crippen molar-refractivity contribution in [1.29, 1.82) is 0 Å². The minimum absolute atomic E-state index is 0.0337. The molecule has 1 aromatic carbocycles. The zero-order valence-electron chi connectivity index (χ0n) is 17.5. The Balaban J connectivity index is 1.49. The van der Waals surface area contributed by atoms with Gasteiger partial charge in [0, 0.05) is 29.3 Å².